The van der Waals surface area contributed by atoms with Crippen molar-refractivity contribution in [2.45, 2.75) is 52.5 Å². The van der Waals surface area contributed by atoms with Gasteiger partial charge in [0, 0.05) is 37.4 Å². The van der Waals surface area contributed by atoms with Gasteiger partial charge in [-0.05, 0) is 49.4 Å². The number of hydrogen-bond acceptors (Lipinski definition) is 4. The van der Waals surface area contributed by atoms with Gasteiger partial charge in [-0.15, -0.1) is 0 Å². The van der Waals surface area contributed by atoms with E-state index in [1.807, 2.05) is 47.1 Å². The Balaban J connectivity index is 1.95. The molecule has 0 unspecified atom stereocenters. The maximum Gasteiger partial charge on any atom is 0.326 e. The second-order valence-electron chi connectivity index (χ2n) is 8.26. The third-order valence-electron chi connectivity index (χ3n) is 5.75. The van der Waals surface area contributed by atoms with Gasteiger partial charge < -0.3 is 15.0 Å². The highest BCUT2D eigenvalue weighted by Crippen LogP contribution is 2.33. The van der Waals surface area contributed by atoms with Gasteiger partial charge >= 0.3 is 6.03 Å². The second kappa shape index (κ2) is 9.81. The number of urea groups is 1. The Kier molecular flexibility index (Phi) is 7.15. The third-order valence-corrected chi connectivity index (χ3v) is 5.75. The fourth-order valence-corrected chi connectivity index (χ4v) is 4.07. The van der Waals surface area contributed by atoms with Gasteiger partial charge in [0.25, 0.3) is 0 Å². The molecule has 0 radical (unpaired) electrons. The first-order valence-electron chi connectivity index (χ1n) is 10.8. The van der Waals surface area contributed by atoms with Crippen LogP contribution in [0.15, 0.2) is 36.4 Å². The van der Waals surface area contributed by atoms with Crippen LogP contribution in [0.3, 0.4) is 0 Å². The number of likely N-dealkylation sites (tertiary alicyclic amines) is 1. The van der Waals surface area contributed by atoms with E-state index < -0.39 is 0 Å². The van der Waals surface area contributed by atoms with Crippen molar-refractivity contribution in [3.63, 3.8) is 0 Å². The quantitative estimate of drug-likeness (QED) is 0.763. The summed E-state index contributed by atoms with van der Waals surface area (Å²) in [6, 6.07) is 11.4. The van der Waals surface area contributed by atoms with E-state index in [0.29, 0.717) is 24.7 Å². The van der Waals surface area contributed by atoms with Crippen molar-refractivity contribution in [2.75, 3.05) is 30.4 Å². The summed E-state index contributed by atoms with van der Waals surface area (Å²) < 4.78 is 5.37. The summed E-state index contributed by atoms with van der Waals surface area (Å²) in [7, 11) is 1.54. The minimum atomic E-state index is -0.224. The highest BCUT2D eigenvalue weighted by molar-refractivity contribution is 6.03. The van der Waals surface area contributed by atoms with Crippen molar-refractivity contribution in [1.29, 1.82) is 0 Å². The van der Waals surface area contributed by atoms with Crippen LogP contribution in [-0.2, 0) is 4.79 Å². The number of nitrogens with one attached hydrogen (secondary N) is 1. The van der Waals surface area contributed by atoms with Crippen molar-refractivity contribution in [1.82, 2.24) is 9.88 Å². The molecule has 3 rings (SSSR count). The van der Waals surface area contributed by atoms with Gasteiger partial charge in [-0.2, -0.15) is 0 Å². The Hall–Kier alpha value is -3.09. The number of benzene rings is 1. The predicted octanol–water partition coefficient (Wildman–Crippen LogP) is 4.57. The molecule has 0 spiro atoms. The zero-order valence-corrected chi connectivity index (χ0v) is 19.0. The average molecular weight is 425 g/mol. The number of nitrogens with zero attached hydrogens (tertiary/aromatic N) is 3. The van der Waals surface area contributed by atoms with E-state index in [2.05, 4.69) is 30.2 Å². The van der Waals surface area contributed by atoms with Crippen molar-refractivity contribution in [3.05, 3.63) is 47.7 Å². The molecule has 7 nitrogen and oxygen atoms in total. The third kappa shape index (κ3) is 5.16. The molecule has 2 aromatic rings. The minimum absolute atomic E-state index is 0.0140. The van der Waals surface area contributed by atoms with Gasteiger partial charge in [-0.25, -0.2) is 9.78 Å². The number of aromatic nitrogens is 1. The van der Waals surface area contributed by atoms with E-state index in [9.17, 15) is 9.59 Å². The first-order valence-corrected chi connectivity index (χ1v) is 10.8. The van der Waals surface area contributed by atoms with Gasteiger partial charge in [0.2, 0.25) is 11.8 Å². The molecule has 1 aliphatic heterocycles. The summed E-state index contributed by atoms with van der Waals surface area (Å²) in [5.41, 5.74) is 3.36. The summed E-state index contributed by atoms with van der Waals surface area (Å²) in [4.78, 5) is 33.4. The number of ether oxygens (including phenoxy) is 1. The fraction of sp³-hybridized carbons (Fsp3) is 0.458. The van der Waals surface area contributed by atoms with E-state index in [1.54, 1.807) is 14.0 Å². The number of anilines is 2. The molecule has 166 valence electrons. The molecule has 2 heterocycles. The molecule has 1 saturated heterocycles. The van der Waals surface area contributed by atoms with Gasteiger partial charge in [0.15, 0.2) is 0 Å². The molecule has 1 fully saturated rings. The first kappa shape index (κ1) is 22.6. The Morgan fingerprint density at radius 1 is 1.16 bits per heavy atom. The molecule has 0 atom stereocenters. The lowest BCUT2D eigenvalue weighted by atomic mass is 9.97. The molecule has 0 saturated carbocycles. The highest BCUT2D eigenvalue weighted by atomic mass is 16.5. The molecule has 3 amide bonds. The van der Waals surface area contributed by atoms with Crippen LogP contribution < -0.4 is 15.0 Å². The van der Waals surface area contributed by atoms with E-state index in [-0.39, 0.29) is 23.9 Å². The molecular formula is C24H32N4O3. The zero-order chi connectivity index (χ0) is 22.5. The molecular weight excluding hydrogens is 392 g/mol. The average Bonchev–Trinajstić information content (AvgIpc) is 2.75. The smallest absolute Gasteiger partial charge is 0.326 e. The molecule has 0 bridgehead atoms. The summed E-state index contributed by atoms with van der Waals surface area (Å²) >= 11 is 0. The maximum absolute atomic E-state index is 13.6. The second-order valence-corrected chi connectivity index (χ2v) is 8.26. The van der Waals surface area contributed by atoms with Crippen LogP contribution in [0.25, 0.3) is 0 Å². The van der Waals surface area contributed by atoms with Crippen LogP contribution in [0.1, 0.15) is 50.8 Å². The van der Waals surface area contributed by atoms with E-state index in [1.165, 1.54) is 0 Å². The Bertz CT molecular complexity index is 936. The number of para-hydroxylation sites is 1. The molecule has 1 aromatic heterocycles. The van der Waals surface area contributed by atoms with Gasteiger partial charge in [0.1, 0.15) is 5.69 Å². The SMILES string of the molecule is COc1nc(C)ccc1NC(=O)N(c1ccccc1C(C)C)C1CCN(C(C)=O)CC1. The van der Waals surface area contributed by atoms with Crippen molar-refractivity contribution >= 4 is 23.3 Å². The van der Waals surface area contributed by atoms with E-state index in [0.717, 1.165) is 29.8 Å². The summed E-state index contributed by atoms with van der Waals surface area (Å²) in [5.74, 6) is 0.726. The van der Waals surface area contributed by atoms with Crippen LogP contribution in [0.2, 0.25) is 0 Å². The normalized spacial score (nSPS) is 14.5. The van der Waals surface area contributed by atoms with Crippen LogP contribution >= 0.6 is 0 Å². The van der Waals surface area contributed by atoms with E-state index >= 15 is 0 Å². The largest absolute Gasteiger partial charge is 0.480 e. The van der Waals surface area contributed by atoms with Gasteiger partial charge in [-0.3, -0.25) is 9.69 Å². The van der Waals surface area contributed by atoms with Gasteiger partial charge in [0.05, 0.1) is 7.11 Å². The fourth-order valence-electron chi connectivity index (χ4n) is 4.07. The summed E-state index contributed by atoms with van der Waals surface area (Å²) in [6.07, 6.45) is 1.45. The van der Waals surface area contributed by atoms with Crippen molar-refractivity contribution in [2.24, 2.45) is 0 Å². The topological polar surface area (TPSA) is 74.8 Å². The number of methoxy groups -OCH3 is 1. The van der Waals surface area contributed by atoms with Crippen molar-refractivity contribution < 1.29 is 14.3 Å². The number of piperidine rings is 1. The lowest BCUT2D eigenvalue weighted by molar-refractivity contribution is -0.129. The van der Waals surface area contributed by atoms with Gasteiger partial charge in [-0.1, -0.05) is 32.0 Å². The number of carbonyl (C=O) groups is 2. The molecule has 7 heteroatoms. The lowest BCUT2D eigenvalue weighted by Crippen LogP contribution is -2.50. The van der Waals surface area contributed by atoms with Crippen LogP contribution in [-0.4, -0.2) is 48.1 Å². The minimum Gasteiger partial charge on any atom is -0.480 e. The molecule has 1 aromatic carbocycles. The maximum atomic E-state index is 13.6. The number of carbonyl (C=O) groups excluding carboxylic acids is 2. The number of aryl methyl sites for hydroxylation is 1. The Morgan fingerprint density at radius 2 is 1.84 bits per heavy atom. The molecule has 0 aliphatic carbocycles. The van der Waals surface area contributed by atoms with Crippen LogP contribution in [0, 0.1) is 6.92 Å². The first-order chi connectivity index (χ1) is 14.8. The lowest BCUT2D eigenvalue weighted by Gasteiger charge is -2.39. The standard InChI is InChI=1S/C24H32N4O3/c1-16(2)20-8-6-7-9-22(20)28(19-12-14-27(15-13-19)18(4)29)24(30)26-21-11-10-17(3)25-23(21)31-5/h6-11,16,19H,12-15H2,1-5H3,(H,26,30). The number of amides is 3. The molecule has 31 heavy (non-hydrogen) atoms. The Labute approximate surface area is 184 Å². The highest BCUT2D eigenvalue weighted by Gasteiger charge is 2.32. The number of hydrogen-bond donors (Lipinski definition) is 1. The summed E-state index contributed by atoms with van der Waals surface area (Å²) in [6.45, 7) is 9.00. The molecule has 1 aliphatic rings. The molecule has 1 N–H and O–H groups in total. The number of rotatable bonds is 5. The Morgan fingerprint density at radius 3 is 2.45 bits per heavy atom. The summed E-state index contributed by atoms with van der Waals surface area (Å²) in [5, 5.41) is 3.00. The monoisotopic (exact) mass is 424 g/mol. The van der Waals surface area contributed by atoms with Crippen LogP contribution in [0.5, 0.6) is 5.88 Å². The van der Waals surface area contributed by atoms with E-state index in [4.69, 9.17) is 4.74 Å². The van der Waals surface area contributed by atoms with Crippen LogP contribution in [0.4, 0.5) is 16.2 Å². The number of pyridine rings is 1. The van der Waals surface area contributed by atoms with Crippen molar-refractivity contribution in [3.8, 4) is 5.88 Å². The zero-order valence-electron chi connectivity index (χ0n) is 19.0. The predicted molar refractivity (Wildman–Crippen MR) is 123 cm³/mol.